The van der Waals surface area contributed by atoms with Crippen molar-refractivity contribution < 1.29 is 9.18 Å². The van der Waals surface area contributed by atoms with Crippen molar-refractivity contribution in [3.8, 4) is 0 Å². The molecule has 0 saturated carbocycles. The van der Waals surface area contributed by atoms with E-state index in [1.807, 2.05) is 4.90 Å². The summed E-state index contributed by atoms with van der Waals surface area (Å²) >= 11 is 0. The maximum absolute atomic E-state index is 14.0. The molecule has 0 aromatic heterocycles. The van der Waals surface area contributed by atoms with Crippen LogP contribution in [0.3, 0.4) is 0 Å². The molecular formula is C20H22FNO. The Morgan fingerprint density at radius 2 is 1.96 bits per heavy atom. The summed E-state index contributed by atoms with van der Waals surface area (Å²) in [6, 6.07) is 12.6. The van der Waals surface area contributed by atoms with Gasteiger partial charge in [-0.05, 0) is 42.5 Å². The zero-order valence-electron chi connectivity index (χ0n) is 13.8. The molecule has 3 rings (SSSR count). The van der Waals surface area contributed by atoms with E-state index in [1.54, 1.807) is 18.2 Å². The lowest BCUT2D eigenvalue weighted by Crippen LogP contribution is -2.42. The van der Waals surface area contributed by atoms with Crippen molar-refractivity contribution in [3.63, 3.8) is 0 Å². The van der Waals surface area contributed by atoms with Crippen molar-refractivity contribution in [2.24, 2.45) is 5.92 Å². The predicted octanol–water partition coefficient (Wildman–Crippen LogP) is 4.53. The van der Waals surface area contributed by atoms with Crippen LogP contribution >= 0.6 is 0 Å². The van der Waals surface area contributed by atoms with Gasteiger partial charge in [-0.2, -0.15) is 0 Å². The van der Waals surface area contributed by atoms with Crippen LogP contribution < -0.4 is 0 Å². The minimum absolute atomic E-state index is 0.00791. The minimum atomic E-state index is -0.449. The van der Waals surface area contributed by atoms with E-state index in [1.165, 1.54) is 22.8 Å². The molecule has 3 heteroatoms. The maximum atomic E-state index is 14.0. The van der Waals surface area contributed by atoms with Crippen molar-refractivity contribution in [2.75, 3.05) is 6.54 Å². The molecule has 1 heterocycles. The number of rotatable bonds is 2. The van der Waals surface area contributed by atoms with Crippen LogP contribution in [-0.4, -0.2) is 17.4 Å². The van der Waals surface area contributed by atoms with Gasteiger partial charge in [0.15, 0.2) is 0 Å². The second-order valence-electron chi connectivity index (χ2n) is 6.62. The Balaban J connectivity index is 2.01. The third-order valence-electron chi connectivity index (χ3n) is 4.57. The van der Waals surface area contributed by atoms with Crippen LogP contribution in [0.25, 0.3) is 0 Å². The molecule has 0 radical (unpaired) electrons. The van der Waals surface area contributed by atoms with E-state index in [0.717, 1.165) is 6.42 Å². The lowest BCUT2D eigenvalue weighted by molar-refractivity contribution is 0.0598. The van der Waals surface area contributed by atoms with Crippen LogP contribution in [0, 0.1) is 18.7 Å². The quantitative estimate of drug-likeness (QED) is 0.798. The number of carbonyl (C=O) groups is 1. The molecule has 120 valence electrons. The number of fused-ring (bicyclic) bond motifs is 1. The van der Waals surface area contributed by atoms with Crippen molar-refractivity contribution in [2.45, 2.75) is 33.2 Å². The van der Waals surface area contributed by atoms with Crippen LogP contribution in [0.5, 0.6) is 0 Å². The van der Waals surface area contributed by atoms with Crippen LogP contribution in [-0.2, 0) is 6.42 Å². The highest BCUT2D eigenvalue weighted by Gasteiger charge is 2.34. The van der Waals surface area contributed by atoms with Gasteiger partial charge in [-0.25, -0.2) is 4.39 Å². The summed E-state index contributed by atoms with van der Waals surface area (Å²) in [4.78, 5) is 14.7. The average molecular weight is 311 g/mol. The van der Waals surface area contributed by atoms with Gasteiger partial charge in [-0.1, -0.05) is 49.7 Å². The SMILES string of the molecule is Cc1ccc2c(c1)CCN(C(=O)c1ccccc1F)C2C(C)C. The fourth-order valence-electron chi connectivity index (χ4n) is 3.52. The van der Waals surface area contributed by atoms with Crippen LogP contribution in [0.15, 0.2) is 42.5 Å². The Morgan fingerprint density at radius 1 is 1.22 bits per heavy atom. The molecule has 0 spiro atoms. The van der Waals surface area contributed by atoms with E-state index in [-0.39, 0.29) is 23.4 Å². The van der Waals surface area contributed by atoms with Gasteiger partial charge in [0.25, 0.3) is 5.91 Å². The second-order valence-corrected chi connectivity index (χ2v) is 6.62. The van der Waals surface area contributed by atoms with Crippen LogP contribution in [0.2, 0.25) is 0 Å². The molecule has 23 heavy (non-hydrogen) atoms. The minimum Gasteiger partial charge on any atom is -0.331 e. The number of hydrogen-bond acceptors (Lipinski definition) is 1. The normalized spacial score (nSPS) is 17.3. The highest BCUT2D eigenvalue weighted by atomic mass is 19.1. The molecule has 2 aromatic rings. The molecule has 0 bridgehead atoms. The first-order valence-corrected chi connectivity index (χ1v) is 8.14. The molecule has 1 amide bonds. The molecule has 0 aliphatic carbocycles. The standard InChI is InChI=1S/C20H22FNO/c1-13(2)19-16-9-8-14(3)12-15(16)10-11-22(19)20(23)17-6-4-5-7-18(17)21/h4-9,12-13,19H,10-11H2,1-3H3. The Hall–Kier alpha value is -2.16. The molecule has 1 aliphatic rings. The molecule has 2 aromatic carbocycles. The maximum Gasteiger partial charge on any atom is 0.257 e. The zero-order chi connectivity index (χ0) is 16.6. The fourth-order valence-corrected chi connectivity index (χ4v) is 3.52. The smallest absolute Gasteiger partial charge is 0.257 e. The second kappa shape index (κ2) is 6.15. The molecular weight excluding hydrogens is 289 g/mol. The van der Waals surface area contributed by atoms with Crippen molar-refractivity contribution in [1.82, 2.24) is 4.90 Å². The molecule has 2 nitrogen and oxygen atoms in total. The van der Waals surface area contributed by atoms with E-state index >= 15 is 0 Å². The molecule has 0 saturated heterocycles. The third-order valence-corrected chi connectivity index (χ3v) is 4.57. The number of halogens is 1. The lowest BCUT2D eigenvalue weighted by Gasteiger charge is -2.40. The highest BCUT2D eigenvalue weighted by molar-refractivity contribution is 5.95. The zero-order valence-corrected chi connectivity index (χ0v) is 13.8. The Bertz CT molecular complexity index is 738. The summed E-state index contributed by atoms with van der Waals surface area (Å²) in [5.74, 6) is -0.393. The van der Waals surface area contributed by atoms with Gasteiger partial charge in [0.05, 0.1) is 11.6 Å². The first-order chi connectivity index (χ1) is 11.0. The Morgan fingerprint density at radius 3 is 2.65 bits per heavy atom. The van der Waals surface area contributed by atoms with Gasteiger partial charge in [-0.15, -0.1) is 0 Å². The number of amides is 1. The molecule has 1 aliphatic heterocycles. The van der Waals surface area contributed by atoms with E-state index in [0.29, 0.717) is 6.54 Å². The number of nitrogens with zero attached hydrogens (tertiary/aromatic N) is 1. The number of hydrogen-bond donors (Lipinski definition) is 0. The summed E-state index contributed by atoms with van der Waals surface area (Å²) in [6.07, 6.45) is 0.820. The molecule has 0 N–H and O–H groups in total. The van der Waals surface area contributed by atoms with Gasteiger partial charge < -0.3 is 4.90 Å². The molecule has 0 fully saturated rings. The molecule has 1 unspecified atom stereocenters. The van der Waals surface area contributed by atoms with Crippen molar-refractivity contribution >= 4 is 5.91 Å². The summed E-state index contributed by atoms with van der Waals surface area (Å²) in [5.41, 5.74) is 3.90. The number of benzene rings is 2. The first kappa shape index (κ1) is 15.7. The number of aryl methyl sites for hydroxylation is 1. The van der Waals surface area contributed by atoms with Gasteiger partial charge in [0.2, 0.25) is 0 Å². The van der Waals surface area contributed by atoms with Gasteiger partial charge >= 0.3 is 0 Å². The fraction of sp³-hybridized carbons (Fsp3) is 0.350. The van der Waals surface area contributed by atoms with Crippen LogP contribution in [0.1, 0.15) is 46.9 Å². The van der Waals surface area contributed by atoms with Gasteiger partial charge in [0.1, 0.15) is 5.82 Å². The lowest BCUT2D eigenvalue weighted by atomic mass is 9.85. The predicted molar refractivity (Wildman–Crippen MR) is 89.9 cm³/mol. The third kappa shape index (κ3) is 2.88. The van der Waals surface area contributed by atoms with E-state index in [4.69, 9.17) is 0 Å². The number of carbonyl (C=O) groups excluding carboxylic acids is 1. The summed E-state index contributed by atoms with van der Waals surface area (Å²) in [7, 11) is 0. The van der Waals surface area contributed by atoms with Gasteiger partial charge in [0, 0.05) is 6.54 Å². The monoisotopic (exact) mass is 311 g/mol. The topological polar surface area (TPSA) is 20.3 Å². The summed E-state index contributed by atoms with van der Waals surface area (Å²) in [5, 5.41) is 0. The Kier molecular flexibility index (Phi) is 4.20. The van der Waals surface area contributed by atoms with E-state index in [9.17, 15) is 9.18 Å². The average Bonchev–Trinajstić information content (AvgIpc) is 2.53. The van der Waals surface area contributed by atoms with E-state index in [2.05, 4.69) is 39.0 Å². The first-order valence-electron chi connectivity index (χ1n) is 8.14. The highest BCUT2D eigenvalue weighted by Crippen LogP contribution is 2.36. The summed E-state index contributed by atoms with van der Waals surface area (Å²) in [6.45, 7) is 6.94. The van der Waals surface area contributed by atoms with Crippen molar-refractivity contribution in [1.29, 1.82) is 0 Å². The van der Waals surface area contributed by atoms with E-state index < -0.39 is 5.82 Å². The van der Waals surface area contributed by atoms with Crippen LogP contribution in [0.4, 0.5) is 4.39 Å². The van der Waals surface area contributed by atoms with Crippen molar-refractivity contribution in [3.05, 3.63) is 70.5 Å². The largest absolute Gasteiger partial charge is 0.331 e. The van der Waals surface area contributed by atoms with Gasteiger partial charge in [-0.3, -0.25) is 4.79 Å². The summed E-state index contributed by atoms with van der Waals surface area (Å²) < 4.78 is 14.0. The molecule has 1 atom stereocenters. The Labute approximate surface area is 136 Å².